The van der Waals surface area contributed by atoms with E-state index in [4.69, 9.17) is 5.73 Å². The Morgan fingerprint density at radius 2 is 1.66 bits per heavy atom. The number of nitrogens with two attached hydrogens (primary N) is 1. The minimum Gasteiger partial charge on any atom is -0.336 e. The number of nitrogens with zero attached hydrogens (tertiary/aromatic N) is 1. The lowest BCUT2D eigenvalue weighted by Gasteiger charge is -2.41. The van der Waals surface area contributed by atoms with Crippen LogP contribution in [0.15, 0.2) is 12.1 Å². The highest BCUT2D eigenvalue weighted by Gasteiger charge is 2.45. The average molecular weight is 433 g/mol. The lowest BCUT2D eigenvalue weighted by atomic mass is 9.82. The second kappa shape index (κ2) is 8.26. The number of halogens is 3. The third-order valence-electron chi connectivity index (χ3n) is 6.25. The molecule has 2 fully saturated rings. The van der Waals surface area contributed by atoms with Gasteiger partial charge in [0.25, 0.3) is 0 Å². The minimum absolute atomic E-state index is 0.00855. The molecule has 0 aliphatic carbocycles. The first-order valence-electron chi connectivity index (χ1n) is 9.91. The summed E-state index contributed by atoms with van der Waals surface area (Å²) in [6.45, 7) is 3.11. The van der Waals surface area contributed by atoms with E-state index in [-0.39, 0.29) is 35.9 Å². The number of piperidine rings is 1. The summed E-state index contributed by atoms with van der Waals surface area (Å²) in [6.07, 6.45) is 2.82. The van der Waals surface area contributed by atoms with Crippen molar-refractivity contribution < 1.29 is 26.4 Å². The quantitative estimate of drug-likeness (QED) is 0.701. The highest BCUT2D eigenvalue weighted by molar-refractivity contribution is 7.92. The molecule has 5 nitrogen and oxygen atoms in total. The van der Waals surface area contributed by atoms with E-state index in [1.54, 1.807) is 18.7 Å². The molecule has 3 rings (SSSR count). The predicted molar refractivity (Wildman–Crippen MR) is 103 cm³/mol. The van der Waals surface area contributed by atoms with Gasteiger partial charge in [-0.05, 0) is 63.5 Å². The summed E-state index contributed by atoms with van der Waals surface area (Å²) in [7, 11) is -3.47. The molecule has 2 heterocycles. The second-order valence-corrected chi connectivity index (χ2v) is 11.1. The molecule has 2 aliphatic heterocycles. The fourth-order valence-corrected chi connectivity index (χ4v) is 5.36. The molecule has 1 aromatic carbocycles. The van der Waals surface area contributed by atoms with Gasteiger partial charge in [-0.2, -0.15) is 0 Å². The van der Waals surface area contributed by atoms with Gasteiger partial charge in [0.1, 0.15) is 11.6 Å². The summed E-state index contributed by atoms with van der Waals surface area (Å²) in [6, 6.07) is 0.726. The molecule has 9 heteroatoms. The molecule has 1 aromatic rings. The number of fused-ring (bicyclic) bond motifs is 2. The van der Waals surface area contributed by atoms with Crippen LogP contribution >= 0.6 is 0 Å². The van der Waals surface area contributed by atoms with E-state index in [0.717, 1.165) is 18.9 Å². The van der Waals surface area contributed by atoms with Gasteiger partial charge in [0.05, 0.1) is 5.25 Å². The Morgan fingerprint density at radius 1 is 1.10 bits per heavy atom. The fourth-order valence-electron chi connectivity index (χ4n) is 4.53. The Balaban J connectivity index is 1.67. The number of carbonyl (C=O) groups excluding carboxylic acids is 1. The number of benzene rings is 1. The molecule has 2 bridgehead atoms. The van der Waals surface area contributed by atoms with Gasteiger partial charge >= 0.3 is 0 Å². The van der Waals surface area contributed by atoms with Crippen LogP contribution < -0.4 is 5.73 Å². The molecule has 29 heavy (non-hydrogen) atoms. The first-order valence-corrected chi connectivity index (χ1v) is 11.6. The highest BCUT2D eigenvalue weighted by Crippen LogP contribution is 2.40. The van der Waals surface area contributed by atoms with E-state index in [2.05, 4.69) is 0 Å². The summed E-state index contributed by atoms with van der Waals surface area (Å²) < 4.78 is 64.7. The molecular weight excluding hydrogens is 405 g/mol. The molecule has 0 spiro atoms. The first-order chi connectivity index (χ1) is 13.5. The van der Waals surface area contributed by atoms with Crippen molar-refractivity contribution >= 4 is 15.7 Å². The Bertz CT molecular complexity index is 877. The van der Waals surface area contributed by atoms with Crippen LogP contribution in [-0.2, 0) is 21.1 Å². The van der Waals surface area contributed by atoms with Crippen LogP contribution in [0.2, 0.25) is 0 Å². The van der Waals surface area contributed by atoms with Gasteiger partial charge in [0, 0.05) is 24.2 Å². The Labute approximate surface area is 169 Å². The Morgan fingerprint density at radius 3 is 2.21 bits per heavy atom. The van der Waals surface area contributed by atoms with Crippen molar-refractivity contribution in [2.75, 3.05) is 5.75 Å². The largest absolute Gasteiger partial charge is 0.336 e. The zero-order valence-electron chi connectivity index (χ0n) is 16.6. The molecule has 2 N–H and O–H groups in total. The van der Waals surface area contributed by atoms with Gasteiger partial charge in [0.15, 0.2) is 21.5 Å². The lowest BCUT2D eigenvalue weighted by molar-refractivity contribution is -0.133. The monoisotopic (exact) mass is 432 g/mol. The maximum absolute atomic E-state index is 13.9. The third kappa shape index (κ3) is 4.60. The maximum Gasteiger partial charge on any atom is 0.238 e. The lowest BCUT2D eigenvalue weighted by Crippen LogP contribution is -2.52. The number of rotatable bonds is 6. The number of carbonyl (C=O) groups is 1. The van der Waals surface area contributed by atoms with Crippen LogP contribution in [0.5, 0.6) is 0 Å². The summed E-state index contributed by atoms with van der Waals surface area (Å²) in [5.41, 5.74) is 6.30. The number of sulfone groups is 1. The summed E-state index contributed by atoms with van der Waals surface area (Å²) in [5.74, 6) is -4.04. The standard InChI is InChI=1S/C20H27F3N2O3S/c1-11(2)29(27,28)10-20(26)25-14-3-4-15(25)6-13(5-14)19(24)8-12-7-17(22)18(23)9-16(12)21/h7,9,11,13-15,19H,3-6,8,10,24H2,1-2H3/t13?,14-,15+,19-/m1/s1. The molecule has 162 valence electrons. The molecule has 2 saturated heterocycles. The minimum atomic E-state index is -3.47. The van der Waals surface area contributed by atoms with Crippen molar-refractivity contribution in [1.29, 1.82) is 0 Å². The average Bonchev–Trinajstić information content (AvgIpc) is 2.89. The fraction of sp³-hybridized carbons (Fsp3) is 0.650. The normalized spacial score (nSPS) is 25.5. The van der Waals surface area contributed by atoms with Crippen molar-refractivity contribution in [3.05, 3.63) is 35.1 Å². The van der Waals surface area contributed by atoms with Crippen LogP contribution in [0.3, 0.4) is 0 Å². The smallest absolute Gasteiger partial charge is 0.238 e. The topological polar surface area (TPSA) is 80.5 Å². The van der Waals surface area contributed by atoms with Crippen molar-refractivity contribution in [2.24, 2.45) is 11.7 Å². The van der Waals surface area contributed by atoms with Crippen molar-refractivity contribution in [3.63, 3.8) is 0 Å². The zero-order chi connectivity index (χ0) is 21.5. The number of hydrogen-bond acceptors (Lipinski definition) is 4. The van der Waals surface area contributed by atoms with Gasteiger partial charge in [-0.25, -0.2) is 21.6 Å². The van der Waals surface area contributed by atoms with Gasteiger partial charge in [-0.15, -0.1) is 0 Å². The van der Waals surface area contributed by atoms with E-state index < -0.39 is 44.3 Å². The van der Waals surface area contributed by atoms with Crippen LogP contribution in [0.4, 0.5) is 13.2 Å². The highest BCUT2D eigenvalue weighted by atomic mass is 32.2. The molecule has 4 atom stereocenters. The van der Waals surface area contributed by atoms with E-state index in [0.29, 0.717) is 18.9 Å². The van der Waals surface area contributed by atoms with Crippen LogP contribution in [0, 0.1) is 23.4 Å². The molecule has 1 unspecified atom stereocenters. The molecule has 0 saturated carbocycles. The van der Waals surface area contributed by atoms with Crippen molar-refractivity contribution in [3.8, 4) is 0 Å². The van der Waals surface area contributed by atoms with Gasteiger partial charge < -0.3 is 10.6 Å². The molecule has 1 amide bonds. The Hall–Kier alpha value is -1.61. The van der Waals surface area contributed by atoms with Gasteiger partial charge in [-0.3, -0.25) is 4.79 Å². The van der Waals surface area contributed by atoms with Gasteiger partial charge in [-0.1, -0.05) is 0 Å². The first kappa shape index (κ1) is 22.1. The predicted octanol–water partition coefficient (Wildman–Crippen LogP) is 2.57. The maximum atomic E-state index is 13.9. The van der Waals surface area contributed by atoms with Crippen molar-refractivity contribution in [2.45, 2.75) is 69.3 Å². The second-order valence-electron chi connectivity index (χ2n) is 8.50. The molecule has 2 aliphatic rings. The number of amides is 1. The van der Waals surface area contributed by atoms with Crippen LogP contribution in [-0.4, -0.2) is 48.4 Å². The van der Waals surface area contributed by atoms with E-state index in [1.165, 1.54) is 0 Å². The molecule has 0 aromatic heterocycles. The van der Waals surface area contributed by atoms with E-state index in [1.807, 2.05) is 0 Å². The third-order valence-corrected chi connectivity index (χ3v) is 8.34. The SMILES string of the molecule is CC(C)S(=O)(=O)CC(=O)N1[C@@H]2CC[C@H]1CC([C@H](N)Cc1cc(F)c(F)cc1F)C2. The molecular formula is C20H27F3N2O3S. The Kier molecular flexibility index (Phi) is 6.29. The van der Waals surface area contributed by atoms with E-state index in [9.17, 15) is 26.4 Å². The summed E-state index contributed by atoms with van der Waals surface area (Å²) in [5, 5.41) is -0.610. The molecule has 0 radical (unpaired) electrons. The van der Waals surface area contributed by atoms with Crippen molar-refractivity contribution in [1.82, 2.24) is 4.90 Å². The van der Waals surface area contributed by atoms with Crippen LogP contribution in [0.25, 0.3) is 0 Å². The zero-order valence-corrected chi connectivity index (χ0v) is 17.4. The van der Waals surface area contributed by atoms with Crippen LogP contribution in [0.1, 0.15) is 45.1 Å². The summed E-state index contributed by atoms with van der Waals surface area (Å²) in [4.78, 5) is 14.3. The van der Waals surface area contributed by atoms with E-state index >= 15 is 0 Å². The van der Waals surface area contributed by atoms with Gasteiger partial charge in [0.2, 0.25) is 5.91 Å². The summed E-state index contributed by atoms with van der Waals surface area (Å²) >= 11 is 0. The number of hydrogen-bond donors (Lipinski definition) is 1.